The van der Waals surface area contributed by atoms with Gasteiger partial charge >= 0.3 is 0 Å². The van der Waals surface area contributed by atoms with Crippen LogP contribution in [0.15, 0.2) is 57.6 Å². The average Bonchev–Trinajstić information content (AvgIpc) is 3.32. The van der Waals surface area contributed by atoms with Gasteiger partial charge in [0, 0.05) is 28.9 Å². The SMILES string of the molecule is CC(C)(C)c1cc(/C=C/C(=O)c2ccco2)cc(C=Nc2nccs2)c1O. The second-order valence-electron chi connectivity index (χ2n) is 7.00. The fraction of sp³-hybridized carbons (Fsp3) is 0.190. The van der Waals surface area contributed by atoms with Crippen molar-refractivity contribution < 1.29 is 14.3 Å². The Bertz CT molecular complexity index is 979. The lowest BCUT2D eigenvalue weighted by Crippen LogP contribution is -2.12. The number of nitrogens with zero attached hydrogens (tertiary/aromatic N) is 2. The summed E-state index contributed by atoms with van der Waals surface area (Å²) < 4.78 is 5.12. The number of furan rings is 1. The van der Waals surface area contributed by atoms with E-state index in [9.17, 15) is 9.90 Å². The number of aromatic nitrogens is 1. The normalized spacial score (nSPS) is 12.3. The smallest absolute Gasteiger partial charge is 0.221 e. The fourth-order valence-corrected chi connectivity index (χ4v) is 3.00. The number of aromatic hydroxyl groups is 1. The second-order valence-corrected chi connectivity index (χ2v) is 7.88. The molecule has 0 spiro atoms. The van der Waals surface area contributed by atoms with E-state index in [1.165, 1.54) is 23.7 Å². The van der Waals surface area contributed by atoms with Gasteiger partial charge in [0.05, 0.1) is 6.26 Å². The predicted molar refractivity (Wildman–Crippen MR) is 108 cm³/mol. The highest BCUT2D eigenvalue weighted by molar-refractivity contribution is 7.13. The van der Waals surface area contributed by atoms with Crippen LogP contribution in [0.3, 0.4) is 0 Å². The first-order valence-corrected chi connectivity index (χ1v) is 9.29. The van der Waals surface area contributed by atoms with E-state index in [1.807, 2.05) is 32.2 Å². The summed E-state index contributed by atoms with van der Waals surface area (Å²) in [6.07, 6.45) is 7.90. The molecular weight excluding hydrogens is 360 g/mol. The second kappa shape index (κ2) is 7.72. The van der Waals surface area contributed by atoms with Crippen LogP contribution in [0, 0.1) is 0 Å². The Balaban J connectivity index is 1.98. The van der Waals surface area contributed by atoms with E-state index in [0.29, 0.717) is 10.7 Å². The van der Waals surface area contributed by atoms with Gasteiger partial charge in [0.25, 0.3) is 0 Å². The Kier molecular flexibility index (Phi) is 5.37. The molecule has 1 aromatic carbocycles. The molecule has 2 heterocycles. The van der Waals surface area contributed by atoms with E-state index in [2.05, 4.69) is 9.98 Å². The molecule has 27 heavy (non-hydrogen) atoms. The summed E-state index contributed by atoms with van der Waals surface area (Å²) in [6.45, 7) is 6.06. The molecule has 5 nitrogen and oxygen atoms in total. The summed E-state index contributed by atoms with van der Waals surface area (Å²) in [7, 11) is 0. The van der Waals surface area contributed by atoms with Crippen LogP contribution < -0.4 is 0 Å². The van der Waals surface area contributed by atoms with Crippen LogP contribution in [0.25, 0.3) is 6.08 Å². The molecule has 0 saturated carbocycles. The van der Waals surface area contributed by atoms with E-state index in [0.717, 1.165) is 11.1 Å². The lowest BCUT2D eigenvalue weighted by atomic mass is 9.84. The molecular formula is C21H20N2O3S. The minimum atomic E-state index is -0.275. The lowest BCUT2D eigenvalue weighted by molar-refractivity contribution is 0.102. The van der Waals surface area contributed by atoms with Gasteiger partial charge in [0.15, 0.2) is 5.76 Å². The predicted octanol–water partition coefficient (Wildman–Crippen LogP) is 5.39. The molecule has 0 aliphatic rings. The van der Waals surface area contributed by atoms with Crippen molar-refractivity contribution >= 4 is 34.5 Å². The van der Waals surface area contributed by atoms with Crippen molar-refractivity contribution in [2.45, 2.75) is 26.2 Å². The number of thiazole rings is 1. The Morgan fingerprint density at radius 3 is 2.78 bits per heavy atom. The maximum absolute atomic E-state index is 12.1. The van der Waals surface area contributed by atoms with E-state index >= 15 is 0 Å². The van der Waals surface area contributed by atoms with Gasteiger partial charge in [0.1, 0.15) is 5.75 Å². The van der Waals surface area contributed by atoms with Gasteiger partial charge in [-0.3, -0.25) is 4.79 Å². The van der Waals surface area contributed by atoms with Gasteiger partial charge in [-0.1, -0.05) is 26.8 Å². The zero-order valence-electron chi connectivity index (χ0n) is 15.3. The maximum Gasteiger partial charge on any atom is 0.221 e. The molecule has 3 aromatic rings. The summed E-state index contributed by atoms with van der Waals surface area (Å²) >= 11 is 1.41. The molecule has 0 unspecified atom stereocenters. The van der Waals surface area contributed by atoms with Gasteiger partial charge < -0.3 is 9.52 Å². The van der Waals surface area contributed by atoms with Gasteiger partial charge in [-0.25, -0.2) is 9.98 Å². The molecule has 0 atom stereocenters. The lowest BCUT2D eigenvalue weighted by Gasteiger charge is -2.22. The van der Waals surface area contributed by atoms with Crippen LogP contribution in [0.4, 0.5) is 5.13 Å². The largest absolute Gasteiger partial charge is 0.507 e. The number of aliphatic imine (C=N–C) groups is 1. The molecule has 0 aliphatic carbocycles. The quantitative estimate of drug-likeness (QED) is 0.366. The summed E-state index contributed by atoms with van der Waals surface area (Å²) in [5.41, 5.74) is 1.86. The number of phenolic OH excluding ortho intramolecular Hbond substituents is 1. The Morgan fingerprint density at radius 1 is 1.33 bits per heavy atom. The molecule has 138 valence electrons. The highest BCUT2D eigenvalue weighted by Gasteiger charge is 2.20. The average molecular weight is 380 g/mol. The molecule has 1 N–H and O–H groups in total. The van der Waals surface area contributed by atoms with Crippen LogP contribution in [-0.2, 0) is 5.41 Å². The maximum atomic E-state index is 12.1. The number of benzene rings is 1. The Labute approximate surface area is 161 Å². The number of hydrogen-bond donors (Lipinski definition) is 1. The third kappa shape index (κ3) is 4.60. The fourth-order valence-electron chi connectivity index (χ4n) is 2.52. The third-order valence-corrected chi connectivity index (χ3v) is 4.57. The summed E-state index contributed by atoms with van der Waals surface area (Å²) in [5, 5.41) is 13.1. The molecule has 0 bridgehead atoms. The minimum absolute atomic E-state index is 0.178. The third-order valence-electron chi connectivity index (χ3n) is 3.89. The van der Waals surface area contributed by atoms with Crippen LogP contribution in [0.1, 0.15) is 48.0 Å². The van der Waals surface area contributed by atoms with Crippen LogP contribution in [-0.4, -0.2) is 22.1 Å². The van der Waals surface area contributed by atoms with Crippen molar-refractivity contribution in [2.24, 2.45) is 4.99 Å². The monoisotopic (exact) mass is 380 g/mol. The standard InChI is InChI=1S/C21H20N2O3S/c1-21(2,3)16-12-14(6-7-17(24)18-5-4-9-26-18)11-15(19(16)25)13-23-20-22-8-10-27-20/h4-13,25H,1-3H3/b7-6+,23-13?. The number of phenols is 1. The van der Waals surface area contributed by atoms with Gasteiger partial charge in [-0.2, -0.15) is 0 Å². The number of allylic oxidation sites excluding steroid dienone is 1. The van der Waals surface area contributed by atoms with Crippen LogP contribution >= 0.6 is 11.3 Å². The van der Waals surface area contributed by atoms with Crippen molar-refractivity contribution in [2.75, 3.05) is 0 Å². The molecule has 3 rings (SSSR count). The van der Waals surface area contributed by atoms with E-state index in [1.54, 1.807) is 36.7 Å². The first-order valence-electron chi connectivity index (χ1n) is 8.41. The highest BCUT2D eigenvalue weighted by atomic mass is 32.1. The molecule has 6 heteroatoms. The Hall–Kier alpha value is -2.99. The first kappa shape index (κ1) is 18.8. The van der Waals surface area contributed by atoms with Crippen LogP contribution in [0.2, 0.25) is 0 Å². The van der Waals surface area contributed by atoms with E-state index in [4.69, 9.17) is 4.42 Å². The number of carbonyl (C=O) groups is 1. The van der Waals surface area contributed by atoms with E-state index in [-0.39, 0.29) is 22.7 Å². The van der Waals surface area contributed by atoms with Crippen molar-refractivity contribution in [3.63, 3.8) is 0 Å². The van der Waals surface area contributed by atoms with Crippen molar-refractivity contribution in [3.05, 3.63) is 70.6 Å². The van der Waals surface area contributed by atoms with Gasteiger partial charge in [-0.15, -0.1) is 11.3 Å². The zero-order valence-corrected chi connectivity index (χ0v) is 16.2. The van der Waals surface area contributed by atoms with E-state index < -0.39 is 0 Å². The minimum Gasteiger partial charge on any atom is -0.507 e. The molecule has 0 aliphatic heterocycles. The summed E-state index contributed by atoms with van der Waals surface area (Å²) in [4.78, 5) is 20.6. The molecule has 0 fully saturated rings. The number of ketones is 1. The van der Waals surface area contributed by atoms with Gasteiger partial charge in [0.2, 0.25) is 10.9 Å². The summed E-state index contributed by atoms with van der Waals surface area (Å²) in [6, 6.07) is 6.96. The topological polar surface area (TPSA) is 75.7 Å². The van der Waals surface area contributed by atoms with Gasteiger partial charge in [-0.05, 0) is 41.3 Å². The van der Waals surface area contributed by atoms with Crippen molar-refractivity contribution in [1.82, 2.24) is 4.98 Å². The van der Waals surface area contributed by atoms with Crippen LogP contribution in [0.5, 0.6) is 5.75 Å². The molecule has 0 amide bonds. The Morgan fingerprint density at radius 2 is 2.15 bits per heavy atom. The first-order chi connectivity index (χ1) is 12.8. The number of hydrogen-bond acceptors (Lipinski definition) is 6. The molecule has 0 radical (unpaired) electrons. The molecule has 0 saturated heterocycles. The number of carbonyl (C=O) groups excluding carboxylic acids is 1. The zero-order chi connectivity index (χ0) is 19.4. The highest BCUT2D eigenvalue weighted by Crippen LogP contribution is 2.34. The summed E-state index contributed by atoms with van der Waals surface area (Å²) in [5.74, 6) is 0.243. The molecule has 2 aromatic heterocycles. The number of rotatable bonds is 5. The van der Waals surface area contributed by atoms with Crippen molar-refractivity contribution in [1.29, 1.82) is 0 Å². The van der Waals surface area contributed by atoms with Crippen molar-refractivity contribution in [3.8, 4) is 5.75 Å².